The van der Waals surface area contributed by atoms with Crippen LogP contribution in [0.15, 0.2) is 18.2 Å². The standard InChI is InChI=1S/C16H24F2N2O4/c1-10(12-7-11(21)5-6-13(12)22)19-8-16(17,18)9-20-14(23)24-15(2,3)4/h5-7,10,19,21-22H,8-9H2,1-4H3,(H,20,23). The zero-order valence-electron chi connectivity index (χ0n) is 14.2. The molecule has 1 rings (SSSR count). The average molecular weight is 346 g/mol. The van der Waals surface area contributed by atoms with Gasteiger partial charge in [-0.2, -0.15) is 0 Å². The number of ether oxygens (including phenoxy) is 1. The van der Waals surface area contributed by atoms with Crippen molar-refractivity contribution in [3.05, 3.63) is 23.8 Å². The summed E-state index contributed by atoms with van der Waals surface area (Å²) < 4.78 is 32.5. The fraction of sp³-hybridized carbons (Fsp3) is 0.562. The molecule has 1 unspecified atom stereocenters. The van der Waals surface area contributed by atoms with Gasteiger partial charge < -0.3 is 25.6 Å². The molecule has 0 heterocycles. The van der Waals surface area contributed by atoms with Crippen LogP contribution in [-0.2, 0) is 4.74 Å². The molecule has 0 aromatic heterocycles. The Morgan fingerprint density at radius 3 is 2.46 bits per heavy atom. The number of phenols is 2. The van der Waals surface area contributed by atoms with Gasteiger partial charge in [-0.25, -0.2) is 13.6 Å². The molecule has 0 radical (unpaired) electrons. The van der Waals surface area contributed by atoms with Gasteiger partial charge in [0.1, 0.15) is 17.1 Å². The highest BCUT2D eigenvalue weighted by atomic mass is 19.3. The van der Waals surface area contributed by atoms with Gasteiger partial charge in [-0.3, -0.25) is 0 Å². The second kappa shape index (κ2) is 7.65. The van der Waals surface area contributed by atoms with Crippen LogP contribution < -0.4 is 10.6 Å². The van der Waals surface area contributed by atoms with Crippen molar-refractivity contribution in [2.24, 2.45) is 0 Å². The molecule has 6 nitrogen and oxygen atoms in total. The molecular formula is C16H24F2N2O4. The second-order valence-corrected chi connectivity index (χ2v) is 6.56. The Bertz CT molecular complexity index is 574. The number of carbonyl (C=O) groups excluding carboxylic acids is 1. The van der Waals surface area contributed by atoms with Crippen LogP contribution in [-0.4, -0.2) is 40.9 Å². The van der Waals surface area contributed by atoms with E-state index in [1.165, 1.54) is 18.2 Å². The van der Waals surface area contributed by atoms with Crippen LogP contribution in [0.5, 0.6) is 11.5 Å². The maximum absolute atomic E-state index is 13.8. The fourth-order valence-electron chi connectivity index (χ4n) is 1.88. The van der Waals surface area contributed by atoms with Gasteiger partial charge in [0.05, 0.1) is 13.1 Å². The van der Waals surface area contributed by atoms with Gasteiger partial charge in [0.2, 0.25) is 0 Å². The Labute approximate surface area is 139 Å². The minimum absolute atomic E-state index is 0.0743. The number of alkyl carbamates (subject to hydrolysis) is 1. The predicted octanol–water partition coefficient (Wildman–Crippen LogP) is 2.91. The number of hydrogen-bond acceptors (Lipinski definition) is 5. The molecule has 0 aliphatic rings. The number of nitrogens with one attached hydrogen (secondary N) is 2. The van der Waals surface area contributed by atoms with Gasteiger partial charge in [-0.05, 0) is 45.9 Å². The van der Waals surface area contributed by atoms with Crippen molar-refractivity contribution in [2.45, 2.75) is 45.3 Å². The number of hydrogen-bond donors (Lipinski definition) is 4. The number of amides is 1. The van der Waals surface area contributed by atoms with Gasteiger partial charge in [0, 0.05) is 11.6 Å². The maximum atomic E-state index is 13.8. The maximum Gasteiger partial charge on any atom is 0.407 e. The molecule has 1 amide bonds. The molecule has 1 aromatic carbocycles. The number of benzene rings is 1. The summed E-state index contributed by atoms with van der Waals surface area (Å²) in [5, 5.41) is 23.7. The topological polar surface area (TPSA) is 90.8 Å². The van der Waals surface area contributed by atoms with Crippen molar-refractivity contribution in [1.82, 2.24) is 10.6 Å². The van der Waals surface area contributed by atoms with E-state index in [2.05, 4.69) is 5.32 Å². The molecule has 24 heavy (non-hydrogen) atoms. The first kappa shape index (κ1) is 20.0. The second-order valence-electron chi connectivity index (χ2n) is 6.56. The Kier molecular flexibility index (Phi) is 6.36. The smallest absolute Gasteiger partial charge is 0.407 e. The summed E-state index contributed by atoms with van der Waals surface area (Å²) in [6.07, 6.45) is -0.916. The molecule has 136 valence electrons. The van der Waals surface area contributed by atoms with Gasteiger partial charge >= 0.3 is 6.09 Å². The van der Waals surface area contributed by atoms with E-state index in [1.54, 1.807) is 27.7 Å². The number of carbonyl (C=O) groups is 1. The zero-order valence-corrected chi connectivity index (χ0v) is 14.2. The van der Waals surface area contributed by atoms with Crippen LogP contribution >= 0.6 is 0 Å². The minimum Gasteiger partial charge on any atom is -0.508 e. The van der Waals surface area contributed by atoms with Crippen LogP contribution in [0.2, 0.25) is 0 Å². The third kappa shape index (κ3) is 6.99. The number of alkyl halides is 2. The molecular weight excluding hydrogens is 322 g/mol. The average Bonchev–Trinajstić information content (AvgIpc) is 2.44. The summed E-state index contributed by atoms with van der Waals surface area (Å²) in [6.45, 7) is 4.87. The predicted molar refractivity (Wildman–Crippen MR) is 85.4 cm³/mol. The number of phenolic OH excluding ortho intramolecular Hbond substituents is 2. The van der Waals surface area contributed by atoms with E-state index in [9.17, 15) is 23.8 Å². The third-order valence-corrected chi connectivity index (χ3v) is 3.03. The van der Waals surface area contributed by atoms with E-state index < -0.39 is 36.7 Å². The monoisotopic (exact) mass is 346 g/mol. The van der Waals surface area contributed by atoms with Crippen molar-refractivity contribution in [3.63, 3.8) is 0 Å². The van der Waals surface area contributed by atoms with Gasteiger partial charge in [-0.15, -0.1) is 0 Å². The lowest BCUT2D eigenvalue weighted by Gasteiger charge is -2.23. The molecule has 0 bridgehead atoms. The SMILES string of the molecule is CC(NCC(F)(F)CNC(=O)OC(C)(C)C)c1cc(O)ccc1O. The molecule has 8 heteroatoms. The molecule has 0 spiro atoms. The van der Waals surface area contributed by atoms with Gasteiger partial charge in [-0.1, -0.05) is 0 Å². The first-order valence-corrected chi connectivity index (χ1v) is 7.49. The Balaban J connectivity index is 2.52. The lowest BCUT2D eigenvalue weighted by molar-refractivity contribution is -0.00529. The van der Waals surface area contributed by atoms with Crippen molar-refractivity contribution in [2.75, 3.05) is 13.1 Å². The molecule has 1 aromatic rings. The Hall–Kier alpha value is -2.09. The normalized spacial score (nSPS) is 13.4. The highest BCUT2D eigenvalue weighted by Crippen LogP contribution is 2.28. The number of halogens is 2. The van der Waals surface area contributed by atoms with Gasteiger partial charge in [0.15, 0.2) is 0 Å². The summed E-state index contributed by atoms with van der Waals surface area (Å²) in [7, 11) is 0. The molecule has 1 atom stereocenters. The zero-order chi connectivity index (χ0) is 18.5. The van der Waals surface area contributed by atoms with Crippen LogP contribution in [0, 0.1) is 0 Å². The molecule has 4 N–H and O–H groups in total. The molecule has 0 fully saturated rings. The van der Waals surface area contributed by atoms with E-state index in [-0.39, 0.29) is 11.5 Å². The summed E-state index contributed by atoms with van der Waals surface area (Å²) in [4.78, 5) is 11.4. The van der Waals surface area contributed by atoms with Crippen molar-refractivity contribution < 1.29 is 28.5 Å². The molecule has 0 aliphatic carbocycles. The van der Waals surface area contributed by atoms with E-state index in [4.69, 9.17) is 4.74 Å². The summed E-state index contributed by atoms with van der Waals surface area (Å²) in [5.74, 6) is -3.39. The van der Waals surface area contributed by atoms with Crippen molar-refractivity contribution in [1.29, 1.82) is 0 Å². The third-order valence-electron chi connectivity index (χ3n) is 3.03. The summed E-state index contributed by atoms with van der Waals surface area (Å²) in [6, 6.07) is 3.25. The first-order chi connectivity index (χ1) is 10.9. The first-order valence-electron chi connectivity index (χ1n) is 7.49. The summed E-state index contributed by atoms with van der Waals surface area (Å²) in [5.41, 5.74) is -0.468. The van der Waals surface area contributed by atoms with E-state index in [1.807, 2.05) is 5.32 Å². The molecule has 0 saturated heterocycles. The fourth-order valence-corrected chi connectivity index (χ4v) is 1.88. The van der Waals surface area contributed by atoms with Crippen molar-refractivity contribution >= 4 is 6.09 Å². The van der Waals surface area contributed by atoms with Crippen molar-refractivity contribution in [3.8, 4) is 11.5 Å². The molecule has 0 aliphatic heterocycles. The lowest BCUT2D eigenvalue weighted by Crippen LogP contribution is -2.45. The molecule has 0 saturated carbocycles. The Morgan fingerprint density at radius 2 is 1.88 bits per heavy atom. The minimum atomic E-state index is -3.21. The van der Waals surface area contributed by atoms with Gasteiger partial charge in [0.25, 0.3) is 5.92 Å². The summed E-state index contributed by atoms with van der Waals surface area (Å²) >= 11 is 0. The number of aromatic hydroxyl groups is 2. The van der Waals surface area contributed by atoms with Crippen LogP contribution in [0.4, 0.5) is 13.6 Å². The lowest BCUT2D eigenvalue weighted by atomic mass is 10.1. The van der Waals surface area contributed by atoms with E-state index >= 15 is 0 Å². The van der Waals surface area contributed by atoms with Crippen LogP contribution in [0.3, 0.4) is 0 Å². The Morgan fingerprint density at radius 1 is 1.25 bits per heavy atom. The largest absolute Gasteiger partial charge is 0.508 e. The number of rotatable bonds is 6. The van der Waals surface area contributed by atoms with E-state index in [0.29, 0.717) is 5.56 Å². The highest BCUT2D eigenvalue weighted by Gasteiger charge is 2.31. The van der Waals surface area contributed by atoms with Crippen LogP contribution in [0.25, 0.3) is 0 Å². The quantitative estimate of drug-likeness (QED) is 0.595. The van der Waals surface area contributed by atoms with Crippen LogP contribution in [0.1, 0.15) is 39.3 Å². The van der Waals surface area contributed by atoms with E-state index in [0.717, 1.165) is 0 Å². The highest BCUT2D eigenvalue weighted by molar-refractivity contribution is 5.67.